The lowest BCUT2D eigenvalue weighted by Crippen LogP contribution is -2.61. The number of esters is 2. The van der Waals surface area contributed by atoms with Gasteiger partial charge >= 0.3 is 11.9 Å². The van der Waals surface area contributed by atoms with E-state index >= 15 is 14.4 Å². The summed E-state index contributed by atoms with van der Waals surface area (Å²) in [5.41, 5.74) is 3.07. The fourth-order valence-corrected chi connectivity index (χ4v) is 12.8. The van der Waals surface area contributed by atoms with Gasteiger partial charge in [-0.05, 0) is 83.1 Å². The number of aromatic nitrogens is 1. The molecule has 1 aliphatic carbocycles. The summed E-state index contributed by atoms with van der Waals surface area (Å²) in [5, 5.41) is 10.7. The molecule has 6 N–H and O–H groups in total. The van der Waals surface area contributed by atoms with Gasteiger partial charge < -0.3 is 79.8 Å². The number of epoxide rings is 1. The Kier molecular flexibility index (Phi) is 21.9. The molecule has 5 saturated heterocycles. The Morgan fingerprint density at radius 3 is 1.52 bits per heavy atom. The number of benzene rings is 2. The first-order chi connectivity index (χ1) is 44.6. The van der Waals surface area contributed by atoms with Gasteiger partial charge in [0.25, 0.3) is 11.8 Å². The van der Waals surface area contributed by atoms with Gasteiger partial charge in [-0.3, -0.25) is 52.7 Å². The topological polar surface area (TPSA) is 382 Å². The van der Waals surface area contributed by atoms with Crippen LogP contribution >= 0.6 is 0 Å². The molecule has 518 valence electrons. The Hall–Kier alpha value is -8.96. The van der Waals surface area contributed by atoms with Crippen molar-refractivity contribution in [3.63, 3.8) is 0 Å². The Labute approximate surface area is 550 Å². The highest BCUT2D eigenvalue weighted by molar-refractivity contribution is 6.11. The molecule has 95 heavy (non-hydrogen) atoms. The summed E-state index contributed by atoms with van der Waals surface area (Å²) in [6, 6.07) is -9.65. The fourth-order valence-electron chi connectivity index (χ4n) is 12.8. The minimum absolute atomic E-state index is 0.00703. The van der Waals surface area contributed by atoms with Crippen molar-refractivity contribution >= 4 is 87.8 Å². The van der Waals surface area contributed by atoms with Gasteiger partial charge in [0, 0.05) is 52.4 Å². The molecule has 0 aromatic heterocycles. The van der Waals surface area contributed by atoms with Gasteiger partial charge in [0.15, 0.2) is 11.3 Å². The smallest absolute Gasteiger partial charge is 0.329 e. The van der Waals surface area contributed by atoms with E-state index in [1.807, 2.05) is 0 Å². The fraction of sp³-hybridized carbons (Fsp3) is 0.631. The van der Waals surface area contributed by atoms with Crippen molar-refractivity contribution in [1.29, 1.82) is 0 Å². The van der Waals surface area contributed by atoms with Crippen LogP contribution in [0.1, 0.15) is 127 Å². The second-order valence-electron chi connectivity index (χ2n) is 26.9. The highest BCUT2D eigenvalue weighted by Gasteiger charge is 2.47. The van der Waals surface area contributed by atoms with Crippen molar-refractivity contribution in [2.24, 2.45) is 23.7 Å². The van der Waals surface area contributed by atoms with E-state index < -0.39 is 196 Å². The summed E-state index contributed by atoms with van der Waals surface area (Å²) in [6.07, 6.45) is -2.09. The van der Waals surface area contributed by atoms with E-state index in [0.29, 0.717) is 19.4 Å². The molecule has 1 aromatic rings. The number of fused-ring (bicyclic) bond motifs is 4. The van der Waals surface area contributed by atoms with Crippen molar-refractivity contribution in [2.75, 3.05) is 73.3 Å². The van der Waals surface area contributed by atoms with Crippen LogP contribution in [-0.2, 0) is 62.2 Å². The lowest BCUT2D eigenvalue weighted by Gasteiger charge is -2.36. The van der Waals surface area contributed by atoms with Crippen LogP contribution in [0.4, 0.5) is 5.69 Å². The maximum atomic E-state index is 15.5. The maximum absolute atomic E-state index is 15.5. The second-order valence-corrected chi connectivity index (χ2v) is 26.9. The number of carbonyl (C=O) groups is 12. The number of hydrogen-bond donors (Lipinski definition) is 5. The highest BCUT2D eigenvalue weighted by atomic mass is 16.6. The Morgan fingerprint density at radius 2 is 1.09 bits per heavy atom. The molecule has 10 amide bonds. The predicted molar refractivity (Wildman–Crippen MR) is 341 cm³/mol. The number of amides is 10. The Balaban J connectivity index is 1.25. The minimum atomic E-state index is -1.91. The molecule has 6 heterocycles. The summed E-state index contributed by atoms with van der Waals surface area (Å²) in [5.74, 6) is -12.7. The van der Waals surface area contributed by atoms with E-state index in [-0.39, 0.29) is 72.4 Å². The number of ether oxygens (including phenoxy) is 4. The molecule has 5 fully saturated rings. The number of carbonyl (C=O) groups excluding carboxylic acids is 12. The van der Waals surface area contributed by atoms with Crippen LogP contribution in [0, 0.1) is 37.5 Å². The van der Waals surface area contributed by atoms with Crippen molar-refractivity contribution in [2.45, 2.75) is 175 Å². The molecule has 0 spiro atoms. The van der Waals surface area contributed by atoms with Gasteiger partial charge in [-0.25, -0.2) is 14.6 Å². The van der Waals surface area contributed by atoms with Crippen LogP contribution in [0.15, 0.2) is 15.3 Å². The molecular formula is C65H90N12O18. The number of aryl methyl sites for hydroxylation is 1. The van der Waals surface area contributed by atoms with Crippen LogP contribution in [0.25, 0.3) is 22.6 Å². The van der Waals surface area contributed by atoms with Crippen molar-refractivity contribution in [3.8, 4) is 17.2 Å². The molecule has 2 unspecified atom stereocenters. The van der Waals surface area contributed by atoms with Gasteiger partial charge in [-0.2, -0.15) is 0 Å². The zero-order valence-electron chi connectivity index (χ0n) is 56.9. The van der Waals surface area contributed by atoms with Gasteiger partial charge in [0.2, 0.25) is 52.7 Å². The summed E-state index contributed by atoms with van der Waals surface area (Å²) in [4.78, 5) is 201. The van der Waals surface area contributed by atoms with Gasteiger partial charge in [0.05, 0.1) is 36.5 Å². The van der Waals surface area contributed by atoms with Crippen molar-refractivity contribution < 1.29 is 80.9 Å². The van der Waals surface area contributed by atoms with Crippen LogP contribution < -0.4 is 37.2 Å². The number of nitrogen functional groups attached to an aromatic ring is 1. The first-order valence-electron chi connectivity index (χ1n) is 32.3. The molecule has 7 aliphatic rings. The molecule has 6 aliphatic heterocycles. The Morgan fingerprint density at radius 1 is 0.653 bits per heavy atom. The average molecular weight is 1330 g/mol. The van der Waals surface area contributed by atoms with Crippen LogP contribution in [0.5, 0.6) is 5.75 Å². The molecule has 0 saturated carbocycles. The average Bonchev–Trinajstić information content (AvgIpc) is 1.46. The van der Waals surface area contributed by atoms with Crippen molar-refractivity contribution in [1.82, 2.24) is 55.7 Å². The number of hydrogen-bond acceptors (Lipinski definition) is 20. The normalized spacial score (nSPS) is 26.8. The first kappa shape index (κ1) is 71.9. The lowest BCUT2D eigenvalue weighted by atomic mass is 9.98. The summed E-state index contributed by atoms with van der Waals surface area (Å²) < 4.78 is 30.1. The third-order valence-electron chi connectivity index (χ3n) is 18.5. The minimum Gasteiger partial charge on any atom is -0.490 e. The standard InChI is InChI=1S/C65H90N12O18/c1-28(2)45-62(87)76-21-17-19-38(76)60(85)72(13)24-41(78)74(15)51(30(5)6)64(89)93-34(11)47(58(83)68-45)70-56(81)37-23-40(92-27-36-26-91-36)32(9)54-49(37)67-50-43(44(66)53(80)33(10)55(50)95-54)57(82)71-48-35(12)94-65(90)52(31(7)8)75(16)42(79)25-73(14)61(86)39-20-18-22-77(39)63(88)46(29(3)4)69-59(48)84/h23,28-31,34-36,38-39,45-48,51-52H,17-22,24-27,66H2,1-16H3,(H,68,83)(H,69,84)(H,70,81)(H,71,82)/t34?,35?,36-,38+,39+,45-,46-,47-,48-,51+,52+/m1/s1. The molecule has 30 nitrogen and oxygen atoms in total. The lowest BCUT2D eigenvalue weighted by molar-refractivity contribution is -0.163. The van der Waals surface area contributed by atoms with Crippen LogP contribution in [0.2, 0.25) is 0 Å². The van der Waals surface area contributed by atoms with E-state index in [9.17, 15) is 47.9 Å². The van der Waals surface area contributed by atoms with Crippen LogP contribution in [0.3, 0.4) is 0 Å². The monoisotopic (exact) mass is 1330 g/mol. The number of nitrogens with two attached hydrogens (primary N) is 1. The summed E-state index contributed by atoms with van der Waals surface area (Å²) >= 11 is 0. The number of anilines is 1. The number of rotatable bonds is 11. The first-order valence-corrected chi connectivity index (χ1v) is 32.3. The van der Waals surface area contributed by atoms with Gasteiger partial charge in [0.1, 0.15) is 90.2 Å². The quantitative estimate of drug-likeness (QED) is 0.0755. The van der Waals surface area contributed by atoms with E-state index in [0.717, 1.165) is 9.80 Å². The van der Waals surface area contributed by atoms with E-state index in [1.54, 1.807) is 62.3 Å². The molecular weight excluding hydrogens is 1240 g/mol. The third-order valence-corrected chi connectivity index (χ3v) is 18.5. The summed E-state index contributed by atoms with van der Waals surface area (Å²) in [6.45, 7) is 18.6. The summed E-state index contributed by atoms with van der Waals surface area (Å²) in [7, 11) is 5.57. The van der Waals surface area contributed by atoms with Crippen LogP contribution in [-0.4, -0.2) is 240 Å². The van der Waals surface area contributed by atoms with Gasteiger partial charge in [-0.1, -0.05) is 55.4 Å². The van der Waals surface area contributed by atoms with E-state index in [4.69, 9.17) is 34.1 Å². The van der Waals surface area contributed by atoms with E-state index in [1.165, 1.54) is 74.6 Å². The maximum Gasteiger partial charge on any atom is 0.329 e. The highest BCUT2D eigenvalue weighted by Crippen LogP contribution is 2.38. The predicted octanol–water partition coefficient (Wildman–Crippen LogP) is 0.503. The molecule has 11 atom stereocenters. The number of nitrogens with zero attached hydrogens (tertiary/aromatic N) is 7. The van der Waals surface area contributed by atoms with E-state index in [2.05, 4.69) is 21.3 Å². The number of nitrogens with one attached hydrogen (secondary N) is 4. The molecule has 1 aromatic carbocycles. The third kappa shape index (κ3) is 14.8. The molecule has 0 bridgehead atoms. The zero-order valence-corrected chi connectivity index (χ0v) is 56.9. The van der Waals surface area contributed by atoms with Crippen molar-refractivity contribution in [3.05, 3.63) is 38.5 Å². The molecule has 0 radical (unpaired) electrons. The Bertz CT molecular complexity index is 3600. The second kappa shape index (κ2) is 28.9. The number of cyclic esters (lactones) is 2. The number of likely N-dealkylation sites (N-methyl/N-ethyl adjacent to an activating group) is 4. The zero-order chi connectivity index (χ0) is 70.3. The SMILES string of the molecule is Cc1c2oc3c(C)c(OC[C@H]4CO4)cc(C(=O)N[C@H]4C(=O)N[C@H](C(C)C)C(=O)N5CCC[C@H]5C(=O)N(C)CC(=O)N(C)[C@@H](C(C)C)C(=O)OC4C)c3nc-2c(C(=O)N[C@H]2C(=O)N[C@H](C(C)C)C(=O)N3CCC[C@H]3C(=O)N(C)CC(=O)N(C)[C@@H](C(C)C)C(=O)OC2C)c(N)c1=O. The molecule has 30 heteroatoms. The molecule has 8 rings (SSSR count). The largest absolute Gasteiger partial charge is 0.490 e. The van der Waals surface area contributed by atoms with Gasteiger partial charge in [-0.15, -0.1) is 0 Å².